The fraction of sp³-hybridized carbons (Fsp3) is 0.833. The molecular weight excluding hydrogens is 206 g/mol. The molecule has 0 aliphatic rings. The van der Waals surface area contributed by atoms with E-state index in [2.05, 4.69) is 5.32 Å². The van der Waals surface area contributed by atoms with Gasteiger partial charge in [-0.1, -0.05) is 34.6 Å². The van der Waals surface area contributed by atoms with Crippen molar-refractivity contribution in [2.45, 2.75) is 47.6 Å². The summed E-state index contributed by atoms with van der Waals surface area (Å²) in [7, 11) is 0. The Morgan fingerprint density at radius 3 is 2.06 bits per heavy atom. The fourth-order valence-corrected chi connectivity index (χ4v) is 1.30. The molecule has 16 heavy (non-hydrogen) atoms. The third kappa shape index (κ3) is 4.64. The lowest BCUT2D eigenvalue weighted by atomic mass is 9.82. The molecule has 0 saturated heterocycles. The summed E-state index contributed by atoms with van der Waals surface area (Å²) >= 11 is 0. The molecule has 0 aliphatic carbocycles. The van der Waals surface area contributed by atoms with Crippen LogP contribution in [0.15, 0.2) is 0 Å². The van der Waals surface area contributed by atoms with Crippen molar-refractivity contribution in [2.75, 3.05) is 6.61 Å². The maximum Gasteiger partial charge on any atom is 0.407 e. The average Bonchev–Trinajstić information content (AvgIpc) is 2.11. The summed E-state index contributed by atoms with van der Waals surface area (Å²) in [5.74, 6) is 0.0756. The number of Topliss-reactive ketones (excluding diaryl/α,β-unsaturated/α-hetero) is 1. The van der Waals surface area contributed by atoms with E-state index >= 15 is 0 Å². The normalized spacial score (nSPS) is 13.4. The van der Waals surface area contributed by atoms with E-state index in [0.29, 0.717) is 6.61 Å². The van der Waals surface area contributed by atoms with Crippen LogP contribution in [0, 0.1) is 11.3 Å². The lowest BCUT2D eigenvalue weighted by Gasteiger charge is -2.27. The van der Waals surface area contributed by atoms with E-state index in [9.17, 15) is 9.59 Å². The van der Waals surface area contributed by atoms with Crippen molar-refractivity contribution in [3.8, 4) is 0 Å². The van der Waals surface area contributed by atoms with Crippen LogP contribution in [0.2, 0.25) is 0 Å². The molecule has 0 aromatic rings. The average molecular weight is 229 g/mol. The number of rotatable bonds is 4. The van der Waals surface area contributed by atoms with Gasteiger partial charge in [0.05, 0.1) is 12.6 Å². The van der Waals surface area contributed by atoms with Gasteiger partial charge in [0, 0.05) is 5.41 Å². The van der Waals surface area contributed by atoms with Crippen LogP contribution in [0.1, 0.15) is 41.5 Å². The van der Waals surface area contributed by atoms with Gasteiger partial charge in [-0.25, -0.2) is 4.79 Å². The van der Waals surface area contributed by atoms with Gasteiger partial charge < -0.3 is 10.1 Å². The van der Waals surface area contributed by atoms with Crippen LogP contribution >= 0.6 is 0 Å². The third-order valence-electron chi connectivity index (χ3n) is 2.24. The largest absolute Gasteiger partial charge is 0.450 e. The zero-order valence-electron chi connectivity index (χ0n) is 11.1. The molecule has 0 bridgehead atoms. The van der Waals surface area contributed by atoms with Crippen molar-refractivity contribution in [1.29, 1.82) is 0 Å². The van der Waals surface area contributed by atoms with E-state index < -0.39 is 17.6 Å². The van der Waals surface area contributed by atoms with Crippen LogP contribution in [0.4, 0.5) is 4.79 Å². The highest BCUT2D eigenvalue weighted by molar-refractivity contribution is 5.91. The SMILES string of the molecule is CCOC(=O)NC(C(=O)C(C)(C)C)C(C)C. The number of carbonyl (C=O) groups is 2. The Kier molecular flexibility index (Phi) is 5.48. The molecule has 0 radical (unpaired) electrons. The van der Waals surface area contributed by atoms with Gasteiger partial charge in [-0.05, 0) is 12.8 Å². The fourth-order valence-electron chi connectivity index (χ4n) is 1.30. The Morgan fingerprint density at radius 2 is 1.75 bits per heavy atom. The number of ether oxygens (including phenoxy) is 1. The predicted molar refractivity (Wildman–Crippen MR) is 63.2 cm³/mol. The second-order valence-electron chi connectivity index (χ2n) is 5.20. The van der Waals surface area contributed by atoms with Crippen LogP contribution in [0.5, 0.6) is 0 Å². The van der Waals surface area contributed by atoms with E-state index in [1.165, 1.54) is 0 Å². The van der Waals surface area contributed by atoms with Gasteiger partial charge >= 0.3 is 6.09 Å². The summed E-state index contributed by atoms with van der Waals surface area (Å²) < 4.78 is 4.78. The molecule has 0 spiro atoms. The molecule has 0 heterocycles. The maximum absolute atomic E-state index is 12.1. The standard InChI is InChI=1S/C12H23NO3/c1-7-16-11(15)13-9(8(2)3)10(14)12(4,5)6/h8-9H,7H2,1-6H3,(H,13,15). The Hall–Kier alpha value is -1.06. The smallest absolute Gasteiger partial charge is 0.407 e. The Bertz CT molecular complexity index is 253. The van der Waals surface area contributed by atoms with Crippen molar-refractivity contribution in [3.63, 3.8) is 0 Å². The van der Waals surface area contributed by atoms with Crippen molar-refractivity contribution in [2.24, 2.45) is 11.3 Å². The summed E-state index contributed by atoms with van der Waals surface area (Å²) in [6.07, 6.45) is -0.529. The van der Waals surface area contributed by atoms with E-state index in [0.717, 1.165) is 0 Å². The summed E-state index contributed by atoms with van der Waals surface area (Å²) in [6, 6.07) is -0.487. The molecule has 1 atom stereocenters. The lowest BCUT2D eigenvalue weighted by Crippen LogP contribution is -2.48. The molecule has 1 amide bonds. The highest BCUT2D eigenvalue weighted by Gasteiger charge is 2.32. The number of alkyl carbamates (subject to hydrolysis) is 1. The van der Waals surface area contributed by atoms with Gasteiger partial charge in [-0.3, -0.25) is 4.79 Å². The maximum atomic E-state index is 12.1. The first-order valence-electron chi connectivity index (χ1n) is 5.67. The number of carbonyl (C=O) groups excluding carboxylic acids is 2. The van der Waals surface area contributed by atoms with Crippen LogP contribution < -0.4 is 5.32 Å². The second-order valence-corrected chi connectivity index (χ2v) is 5.20. The van der Waals surface area contributed by atoms with E-state index in [4.69, 9.17) is 4.74 Å². The molecule has 4 heteroatoms. The van der Waals surface area contributed by atoms with Crippen molar-refractivity contribution < 1.29 is 14.3 Å². The number of hydrogen-bond donors (Lipinski definition) is 1. The van der Waals surface area contributed by atoms with Crippen molar-refractivity contribution in [3.05, 3.63) is 0 Å². The molecule has 1 unspecified atom stereocenters. The van der Waals surface area contributed by atoms with Gasteiger partial charge in [0.25, 0.3) is 0 Å². The summed E-state index contributed by atoms with van der Waals surface area (Å²) in [5.41, 5.74) is -0.464. The molecule has 1 N–H and O–H groups in total. The number of ketones is 1. The van der Waals surface area contributed by atoms with Crippen LogP contribution in [-0.2, 0) is 9.53 Å². The van der Waals surface area contributed by atoms with Gasteiger partial charge in [0.2, 0.25) is 0 Å². The van der Waals surface area contributed by atoms with Crippen molar-refractivity contribution in [1.82, 2.24) is 5.32 Å². The minimum Gasteiger partial charge on any atom is -0.450 e. The number of amides is 1. The van der Waals surface area contributed by atoms with E-state index in [-0.39, 0.29) is 11.7 Å². The lowest BCUT2D eigenvalue weighted by molar-refractivity contribution is -0.129. The highest BCUT2D eigenvalue weighted by atomic mass is 16.5. The topological polar surface area (TPSA) is 55.4 Å². The molecule has 94 valence electrons. The van der Waals surface area contributed by atoms with Crippen LogP contribution in [-0.4, -0.2) is 24.5 Å². The second kappa shape index (κ2) is 5.87. The molecule has 0 rings (SSSR count). The first-order valence-corrected chi connectivity index (χ1v) is 5.67. The van der Waals surface area contributed by atoms with Crippen molar-refractivity contribution >= 4 is 11.9 Å². The van der Waals surface area contributed by atoms with E-state index in [1.54, 1.807) is 6.92 Å². The Balaban J connectivity index is 4.64. The zero-order valence-corrected chi connectivity index (χ0v) is 11.1. The molecule has 0 saturated carbocycles. The van der Waals surface area contributed by atoms with Gasteiger partial charge in [-0.15, -0.1) is 0 Å². The van der Waals surface area contributed by atoms with E-state index in [1.807, 2.05) is 34.6 Å². The first-order chi connectivity index (χ1) is 7.20. The zero-order chi connectivity index (χ0) is 12.9. The molecule has 4 nitrogen and oxygen atoms in total. The van der Waals surface area contributed by atoms with Gasteiger partial charge in [-0.2, -0.15) is 0 Å². The molecule has 0 aliphatic heterocycles. The van der Waals surface area contributed by atoms with Gasteiger partial charge in [0.15, 0.2) is 5.78 Å². The molecule has 0 aromatic heterocycles. The summed E-state index contributed by atoms with van der Waals surface area (Å²) in [6.45, 7) is 11.4. The summed E-state index contributed by atoms with van der Waals surface area (Å²) in [4.78, 5) is 23.4. The number of nitrogens with one attached hydrogen (secondary N) is 1. The Labute approximate surface area is 97.7 Å². The first kappa shape index (κ1) is 14.9. The summed E-state index contributed by atoms with van der Waals surface area (Å²) in [5, 5.41) is 2.61. The van der Waals surface area contributed by atoms with Crippen LogP contribution in [0.25, 0.3) is 0 Å². The minimum absolute atomic E-state index is 0.0237. The Morgan fingerprint density at radius 1 is 1.25 bits per heavy atom. The molecular formula is C12H23NO3. The minimum atomic E-state index is -0.529. The molecule has 0 fully saturated rings. The predicted octanol–water partition coefficient (Wildman–Crippen LogP) is 2.37. The molecule has 0 aromatic carbocycles. The monoisotopic (exact) mass is 229 g/mol. The third-order valence-corrected chi connectivity index (χ3v) is 2.24. The number of hydrogen-bond acceptors (Lipinski definition) is 3. The quantitative estimate of drug-likeness (QED) is 0.805. The van der Waals surface area contributed by atoms with Crippen LogP contribution in [0.3, 0.4) is 0 Å². The highest BCUT2D eigenvalue weighted by Crippen LogP contribution is 2.20. The van der Waals surface area contributed by atoms with Gasteiger partial charge in [0.1, 0.15) is 0 Å².